The third-order valence-electron chi connectivity index (χ3n) is 5.73. The molecule has 0 spiro atoms. The fraction of sp³-hybridized carbons (Fsp3) is 0.579. The van der Waals surface area contributed by atoms with Crippen molar-refractivity contribution in [3.63, 3.8) is 0 Å². The first-order chi connectivity index (χ1) is 14.2. The lowest BCUT2D eigenvalue weighted by Gasteiger charge is -2.36. The van der Waals surface area contributed by atoms with Gasteiger partial charge in [0.15, 0.2) is 0 Å². The summed E-state index contributed by atoms with van der Waals surface area (Å²) in [5, 5.41) is 0. The van der Waals surface area contributed by atoms with Crippen molar-refractivity contribution >= 4 is 11.8 Å². The number of halogens is 2. The molecule has 0 aromatic carbocycles. The maximum Gasteiger partial charge on any atom is 0.281 e. The molecule has 3 saturated heterocycles. The highest BCUT2D eigenvalue weighted by Gasteiger charge is 2.39. The number of hydrogen-bond donors (Lipinski definition) is 0. The Bertz CT molecular complexity index is 864. The van der Waals surface area contributed by atoms with Crippen molar-refractivity contribution in [2.24, 2.45) is 0 Å². The fourth-order valence-corrected chi connectivity index (χ4v) is 4.30. The van der Waals surface area contributed by atoms with Gasteiger partial charge in [0.05, 0.1) is 44.2 Å². The van der Waals surface area contributed by atoms with Gasteiger partial charge in [0.2, 0.25) is 5.95 Å². The molecule has 8 nitrogen and oxygen atoms in total. The summed E-state index contributed by atoms with van der Waals surface area (Å²) in [5.74, 6) is 1.27. The zero-order chi connectivity index (χ0) is 19.8. The van der Waals surface area contributed by atoms with Crippen molar-refractivity contribution in [2.45, 2.75) is 31.4 Å². The van der Waals surface area contributed by atoms with Crippen LogP contribution in [0.1, 0.15) is 25.0 Å². The highest BCUT2D eigenvalue weighted by Crippen LogP contribution is 2.36. The van der Waals surface area contributed by atoms with E-state index in [2.05, 4.69) is 19.8 Å². The molecule has 2 unspecified atom stereocenters. The predicted molar refractivity (Wildman–Crippen MR) is 101 cm³/mol. The van der Waals surface area contributed by atoms with Gasteiger partial charge in [0.25, 0.3) is 6.43 Å². The topological polar surface area (TPSA) is 76.5 Å². The Morgan fingerprint density at radius 3 is 2.52 bits per heavy atom. The number of aromatic nitrogens is 4. The summed E-state index contributed by atoms with van der Waals surface area (Å²) in [6.45, 7) is 3.86. The molecule has 0 radical (unpaired) electrons. The van der Waals surface area contributed by atoms with E-state index in [1.165, 1.54) is 6.20 Å². The van der Waals surface area contributed by atoms with Gasteiger partial charge >= 0.3 is 0 Å². The first-order valence-electron chi connectivity index (χ1n) is 9.87. The van der Waals surface area contributed by atoms with Gasteiger partial charge in [-0.05, 0) is 12.8 Å². The average Bonchev–Trinajstić information content (AvgIpc) is 3.02. The van der Waals surface area contributed by atoms with E-state index in [4.69, 9.17) is 19.4 Å². The Morgan fingerprint density at radius 1 is 1.03 bits per heavy atom. The standard InChI is InChI=1S/C19H22F2N6O2/c20-18(21)17-14(8-22-11-23-17)15-7-16(26-3-5-28-6-4-26)25-19(24-15)27-12-1-2-13(27)10-29-9-12/h7-8,11-13,18H,1-6,9-10H2. The van der Waals surface area contributed by atoms with Gasteiger partial charge in [-0.1, -0.05) is 0 Å². The minimum absolute atomic E-state index is 0.211. The molecule has 2 aromatic rings. The van der Waals surface area contributed by atoms with Crippen molar-refractivity contribution < 1.29 is 18.3 Å². The molecule has 3 fully saturated rings. The quantitative estimate of drug-likeness (QED) is 0.767. The number of ether oxygens (including phenoxy) is 2. The Hall–Kier alpha value is -2.46. The van der Waals surface area contributed by atoms with E-state index in [0.29, 0.717) is 57.0 Å². The average molecular weight is 404 g/mol. The molecule has 0 aliphatic carbocycles. The van der Waals surface area contributed by atoms with Gasteiger partial charge in [-0.25, -0.2) is 23.7 Å². The summed E-state index contributed by atoms with van der Waals surface area (Å²) < 4.78 is 38.3. The molecule has 3 aliphatic rings. The molecule has 5 rings (SSSR count). The first kappa shape index (κ1) is 18.6. The van der Waals surface area contributed by atoms with E-state index < -0.39 is 6.43 Å². The summed E-state index contributed by atoms with van der Waals surface area (Å²) in [7, 11) is 0. The van der Waals surface area contributed by atoms with E-state index in [9.17, 15) is 8.78 Å². The fourth-order valence-electron chi connectivity index (χ4n) is 4.30. The Morgan fingerprint density at radius 2 is 1.79 bits per heavy atom. The molecule has 29 heavy (non-hydrogen) atoms. The molecule has 3 aliphatic heterocycles. The smallest absolute Gasteiger partial charge is 0.281 e. The van der Waals surface area contributed by atoms with Crippen molar-refractivity contribution in [1.29, 1.82) is 0 Å². The van der Waals surface area contributed by atoms with E-state index >= 15 is 0 Å². The molecule has 0 saturated carbocycles. The highest BCUT2D eigenvalue weighted by molar-refractivity contribution is 5.67. The lowest BCUT2D eigenvalue weighted by atomic mass is 10.1. The van der Waals surface area contributed by atoms with Crippen LogP contribution in [0, 0.1) is 0 Å². The lowest BCUT2D eigenvalue weighted by Crippen LogP contribution is -2.47. The van der Waals surface area contributed by atoms with Crippen LogP contribution in [0.4, 0.5) is 20.5 Å². The van der Waals surface area contributed by atoms with Crippen LogP contribution in [-0.4, -0.2) is 71.5 Å². The van der Waals surface area contributed by atoms with Crippen molar-refractivity contribution in [3.05, 3.63) is 24.3 Å². The number of rotatable bonds is 4. The summed E-state index contributed by atoms with van der Waals surface area (Å²) in [4.78, 5) is 21.6. The van der Waals surface area contributed by atoms with E-state index in [1.54, 1.807) is 6.07 Å². The van der Waals surface area contributed by atoms with Crippen LogP contribution in [0.3, 0.4) is 0 Å². The van der Waals surface area contributed by atoms with Gasteiger partial charge < -0.3 is 19.3 Å². The van der Waals surface area contributed by atoms with Crippen molar-refractivity contribution in [2.75, 3.05) is 49.3 Å². The first-order valence-corrected chi connectivity index (χ1v) is 9.87. The van der Waals surface area contributed by atoms with Crippen LogP contribution in [0.2, 0.25) is 0 Å². The molecule has 0 N–H and O–H groups in total. The molecular weight excluding hydrogens is 382 g/mol. The molecular formula is C19H22F2N6O2. The molecule has 154 valence electrons. The van der Waals surface area contributed by atoms with Gasteiger partial charge in [0.1, 0.15) is 17.8 Å². The van der Waals surface area contributed by atoms with E-state index in [-0.39, 0.29) is 23.3 Å². The second-order valence-corrected chi connectivity index (χ2v) is 7.46. The van der Waals surface area contributed by atoms with Crippen LogP contribution in [0.15, 0.2) is 18.6 Å². The summed E-state index contributed by atoms with van der Waals surface area (Å²) in [6.07, 6.45) is 1.86. The molecule has 2 aromatic heterocycles. The van der Waals surface area contributed by atoms with E-state index in [1.807, 2.05) is 0 Å². The zero-order valence-corrected chi connectivity index (χ0v) is 15.9. The number of anilines is 2. The Kier molecular flexibility index (Phi) is 4.96. The zero-order valence-electron chi connectivity index (χ0n) is 15.9. The summed E-state index contributed by atoms with van der Waals surface area (Å²) in [6, 6.07) is 2.17. The third kappa shape index (κ3) is 3.51. The second kappa shape index (κ2) is 7.75. The van der Waals surface area contributed by atoms with Gasteiger partial charge in [-0.15, -0.1) is 0 Å². The maximum absolute atomic E-state index is 13.6. The monoisotopic (exact) mass is 404 g/mol. The summed E-state index contributed by atoms with van der Waals surface area (Å²) >= 11 is 0. The van der Waals surface area contributed by atoms with Crippen LogP contribution in [0.25, 0.3) is 11.3 Å². The SMILES string of the molecule is FC(F)c1ncncc1-c1cc(N2CCOCC2)nc(N2C3CCC2COC3)n1. The third-order valence-corrected chi connectivity index (χ3v) is 5.73. The van der Waals surface area contributed by atoms with Gasteiger partial charge in [-0.3, -0.25) is 0 Å². The number of nitrogens with zero attached hydrogens (tertiary/aromatic N) is 6. The van der Waals surface area contributed by atoms with Crippen LogP contribution < -0.4 is 9.80 Å². The number of fused-ring (bicyclic) bond motifs is 2. The lowest BCUT2D eigenvalue weighted by molar-refractivity contribution is 0.0897. The molecule has 2 bridgehead atoms. The minimum Gasteiger partial charge on any atom is -0.378 e. The minimum atomic E-state index is -2.71. The van der Waals surface area contributed by atoms with Crippen molar-refractivity contribution in [1.82, 2.24) is 19.9 Å². The van der Waals surface area contributed by atoms with Gasteiger partial charge in [0, 0.05) is 30.9 Å². The molecule has 10 heteroatoms. The number of alkyl halides is 2. The normalized spacial score (nSPS) is 24.4. The molecule has 0 amide bonds. The van der Waals surface area contributed by atoms with E-state index in [0.717, 1.165) is 19.2 Å². The highest BCUT2D eigenvalue weighted by atomic mass is 19.3. The van der Waals surface area contributed by atoms with Crippen LogP contribution in [-0.2, 0) is 9.47 Å². The Balaban J connectivity index is 1.61. The predicted octanol–water partition coefficient (Wildman–Crippen LogP) is 2.08. The van der Waals surface area contributed by atoms with Crippen LogP contribution >= 0.6 is 0 Å². The second-order valence-electron chi connectivity index (χ2n) is 7.46. The maximum atomic E-state index is 13.6. The van der Waals surface area contributed by atoms with Crippen LogP contribution in [0.5, 0.6) is 0 Å². The summed E-state index contributed by atoms with van der Waals surface area (Å²) in [5.41, 5.74) is 0.335. The molecule has 2 atom stereocenters. The number of morpholine rings is 2. The van der Waals surface area contributed by atoms with Crippen molar-refractivity contribution in [3.8, 4) is 11.3 Å². The number of hydrogen-bond acceptors (Lipinski definition) is 8. The largest absolute Gasteiger partial charge is 0.378 e. The molecule has 5 heterocycles. The van der Waals surface area contributed by atoms with Gasteiger partial charge in [-0.2, -0.15) is 4.98 Å². The Labute approximate surface area is 166 Å².